The van der Waals surface area contributed by atoms with Crippen LogP contribution in [0.3, 0.4) is 0 Å². The predicted molar refractivity (Wildman–Crippen MR) is 89.6 cm³/mol. The molecule has 1 fully saturated rings. The fourth-order valence-electron chi connectivity index (χ4n) is 2.70. The molecule has 0 aromatic carbocycles. The lowest BCUT2D eigenvalue weighted by molar-refractivity contribution is -0.205. The van der Waals surface area contributed by atoms with Crippen molar-refractivity contribution in [1.29, 1.82) is 0 Å². The maximum atomic E-state index is 12.6. The summed E-state index contributed by atoms with van der Waals surface area (Å²) in [5.74, 6) is -2.17. The van der Waals surface area contributed by atoms with Gasteiger partial charge in [0, 0.05) is 27.2 Å². The second-order valence-electron chi connectivity index (χ2n) is 6.59. The van der Waals surface area contributed by atoms with Crippen LogP contribution in [-0.2, 0) is 43.2 Å². The van der Waals surface area contributed by atoms with Gasteiger partial charge in [-0.05, 0) is 5.92 Å². The van der Waals surface area contributed by atoms with Gasteiger partial charge in [-0.3, -0.25) is 14.4 Å². The fourth-order valence-corrected chi connectivity index (χ4v) is 4.64. The first-order chi connectivity index (χ1) is 11.9. The SMILES string of the molecule is CC(=O)OC[C@H]1OC(S(=O)(=O)CC(C)C)C[C@@H](OC(C)=O)[C@@H]1OC(C)=O. The van der Waals surface area contributed by atoms with Gasteiger partial charge in [-0.2, -0.15) is 0 Å². The van der Waals surface area contributed by atoms with E-state index >= 15 is 0 Å². The average molecular weight is 394 g/mol. The number of esters is 3. The predicted octanol–water partition coefficient (Wildman–Crippen LogP) is 0.599. The van der Waals surface area contributed by atoms with Gasteiger partial charge in [-0.1, -0.05) is 13.8 Å². The molecule has 4 atom stereocenters. The van der Waals surface area contributed by atoms with Crippen molar-refractivity contribution in [2.75, 3.05) is 12.4 Å². The van der Waals surface area contributed by atoms with E-state index in [0.29, 0.717) is 0 Å². The summed E-state index contributed by atoms with van der Waals surface area (Å²) in [6.07, 6.45) is -3.37. The normalized spacial score (nSPS) is 26.2. The molecular formula is C16H26O9S. The number of ether oxygens (including phenoxy) is 4. The summed E-state index contributed by atoms with van der Waals surface area (Å²) in [7, 11) is -3.67. The molecular weight excluding hydrogens is 368 g/mol. The van der Waals surface area contributed by atoms with Crippen LogP contribution in [0, 0.1) is 5.92 Å². The van der Waals surface area contributed by atoms with Gasteiger partial charge in [-0.15, -0.1) is 0 Å². The van der Waals surface area contributed by atoms with Crippen LogP contribution in [0.2, 0.25) is 0 Å². The maximum absolute atomic E-state index is 12.6. The monoisotopic (exact) mass is 394 g/mol. The van der Waals surface area contributed by atoms with Crippen LogP contribution in [0.25, 0.3) is 0 Å². The molecule has 26 heavy (non-hydrogen) atoms. The Hall–Kier alpha value is -1.68. The Labute approximate surface area is 153 Å². The third-order valence-electron chi connectivity index (χ3n) is 3.52. The highest BCUT2D eigenvalue weighted by Crippen LogP contribution is 2.30. The summed E-state index contributed by atoms with van der Waals surface area (Å²) < 4.78 is 45.9. The molecule has 10 heteroatoms. The molecule has 0 bridgehead atoms. The zero-order valence-electron chi connectivity index (χ0n) is 15.6. The Balaban J connectivity index is 3.14. The van der Waals surface area contributed by atoms with Crippen LogP contribution in [-0.4, -0.2) is 62.4 Å². The van der Waals surface area contributed by atoms with E-state index in [9.17, 15) is 22.8 Å². The van der Waals surface area contributed by atoms with Crippen molar-refractivity contribution in [3.05, 3.63) is 0 Å². The molecule has 1 rings (SSSR count). The Morgan fingerprint density at radius 3 is 2.08 bits per heavy atom. The third kappa shape index (κ3) is 6.91. The van der Waals surface area contributed by atoms with Gasteiger partial charge in [0.05, 0.1) is 5.75 Å². The lowest BCUT2D eigenvalue weighted by Crippen LogP contribution is -2.55. The van der Waals surface area contributed by atoms with Gasteiger partial charge in [0.1, 0.15) is 18.8 Å². The Morgan fingerprint density at radius 1 is 1.04 bits per heavy atom. The summed E-state index contributed by atoms with van der Waals surface area (Å²) in [5, 5.41) is 0. The first-order valence-electron chi connectivity index (χ1n) is 8.27. The molecule has 0 aromatic heterocycles. The fraction of sp³-hybridized carbons (Fsp3) is 0.812. The Bertz CT molecular complexity index is 626. The van der Waals surface area contributed by atoms with Gasteiger partial charge in [0.25, 0.3) is 0 Å². The van der Waals surface area contributed by atoms with Crippen molar-refractivity contribution in [3.63, 3.8) is 0 Å². The van der Waals surface area contributed by atoms with Gasteiger partial charge < -0.3 is 18.9 Å². The van der Waals surface area contributed by atoms with Crippen LogP contribution < -0.4 is 0 Å². The lowest BCUT2D eigenvalue weighted by Gasteiger charge is -2.39. The van der Waals surface area contributed by atoms with E-state index < -0.39 is 51.5 Å². The number of rotatable bonds is 7. The van der Waals surface area contributed by atoms with E-state index in [1.54, 1.807) is 13.8 Å². The minimum Gasteiger partial charge on any atom is -0.463 e. The van der Waals surface area contributed by atoms with E-state index in [2.05, 4.69) is 0 Å². The summed E-state index contributed by atoms with van der Waals surface area (Å²) in [6, 6.07) is 0. The molecule has 0 radical (unpaired) electrons. The summed E-state index contributed by atoms with van der Waals surface area (Å²) in [5.41, 5.74) is -1.26. The summed E-state index contributed by atoms with van der Waals surface area (Å²) in [4.78, 5) is 33.9. The van der Waals surface area contributed by atoms with Crippen molar-refractivity contribution in [1.82, 2.24) is 0 Å². The zero-order valence-corrected chi connectivity index (χ0v) is 16.4. The molecule has 1 saturated heterocycles. The van der Waals surface area contributed by atoms with Crippen molar-refractivity contribution in [2.45, 2.75) is 64.8 Å². The Kier molecular flexibility index (Phi) is 8.01. The van der Waals surface area contributed by atoms with Crippen LogP contribution in [0.1, 0.15) is 41.0 Å². The smallest absolute Gasteiger partial charge is 0.303 e. The lowest BCUT2D eigenvalue weighted by atomic mass is 10.0. The molecule has 0 spiro atoms. The molecule has 1 unspecified atom stereocenters. The molecule has 9 nitrogen and oxygen atoms in total. The minimum atomic E-state index is -3.67. The number of carbonyl (C=O) groups excluding carboxylic acids is 3. The Morgan fingerprint density at radius 2 is 1.62 bits per heavy atom. The van der Waals surface area contributed by atoms with Crippen molar-refractivity contribution < 1.29 is 41.7 Å². The summed E-state index contributed by atoms with van der Waals surface area (Å²) >= 11 is 0. The zero-order chi connectivity index (χ0) is 20.1. The van der Waals surface area contributed by atoms with Gasteiger partial charge >= 0.3 is 17.9 Å². The molecule has 0 amide bonds. The standard InChI is InChI=1S/C16H26O9S/c1-9(2)8-26(20,21)15-6-13(23-11(4)18)16(24-12(5)19)14(25-15)7-22-10(3)17/h9,13-16H,6-8H2,1-5H3/t13-,14-,15?,16+/m1/s1. The van der Waals surface area contributed by atoms with Gasteiger partial charge in [0.15, 0.2) is 21.4 Å². The van der Waals surface area contributed by atoms with Crippen molar-refractivity contribution in [3.8, 4) is 0 Å². The maximum Gasteiger partial charge on any atom is 0.303 e. The first kappa shape index (κ1) is 22.4. The van der Waals surface area contributed by atoms with E-state index in [-0.39, 0.29) is 24.7 Å². The molecule has 1 heterocycles. The average Bonchev–Trinajstić information content (AvgIpc) is 2.44. The van der Waals surface area contributed by atoms with E-state index in [0.717, 1.165) is 6.92 Å². The van der Waals surface area contributed by atoms with Crippen LogP contribution >= 0.6 is 0 Å². The second kappa shape index (κ2) is 9.31. The molecule has 0 aliphatic carbocycles. The minimum absolute atomic E-state index is 0.122. The highest BCUT2D eigenvalue weighted by Gasteiger charge is 2.47. The first-order valence-corrected chi connectivity index (χ1v) is 9.98. The third-order valence-corrected chi connectivity index (χ3v) is 5.76. The molecule has 0 aromatic rings. The topological polar surface area (TPSA) is 122 Å². The van der Waals surface area contributed by atoms with Crippen LogP contribution in [0.4, 0.5) is 0 Å². The van der Waals surface area contributed by atoms with Crippen molar-refractivity contribution in [2.24, 2.45) is 5.92 Å². The molecule has 150 valence electrons. The number of sulfone groups is 1. The number of hydrogen-bond donors (Lipinski definition) is 0. The van der Waals surface area contributed by atoms with Crippen LogP contribution in [0.5, 0.6) is 0 Å². The molecule has 0 saturated carbocycles. The van der Waals surface area contributed by atoms with Gasteiger partial charge in [0.2, 0.25) is 0 Å². The van der Waals surface area contributed by atoms with Crippen LogP contribution in [0.15, 0.2) is 0 Å². The number of carbonyl (C=O) groups is 3. The van der Waals surface area contributed by atoms with E-state index in [1.807, 2.05) is 0 Å². The highest BCUT2D eigenvalue weighted by molar-refractivity contribution is 7.91. The largest absolute Gasteiger partial charge is 0.463 e. The highest BCUT2D eigenvalue weighted by atomic mass is 32.2. The molecule has 0 N–H and O–H groups in total. The van der Waals surface area contributed by atoms with Gasteiger partial charge in [-0.25, -0.2) is 8.42 Å². The second-order valence-corrected chi connectivity index (χ2v) is 8.77. The summed E-state index contributed by atoms with van der Waals surface area (Å²) in [6.45, 7) is 6.68. The quantitative estimate of drug-likeness (QED) is 0.451. The van der Waals surface area contributed by atoms with Crippen molar-refractivity contribution >= 4 is 27.7 Å². The number of hydrogen-bond acceptors (Lipinski definition) is 9. The molecule has 1 aliphatic rings. The van der Waals surface area contributed by atoms with E-state index in [4.69, 9.17) is 18.9 Å². The molecule has 1 aliphatic heterocycles. The van der Waals surface area contributed by atoms with E-state index in [1.165, 1.54) is 13.8 Å².